The summed E-state index contributed by atoms with van der Waals surface area (Å²) >= 11 is 0. The van der Waals surface area contributed by atoms with Crippen molar-refractivity contribution in [1.29, 1.82) is 0 Å². The third-order valence-corrected chi connectivity index (χ3v) is 5.35. The molecule has 0 aliphatic carbocycles. The summed E-state index contributed by atoms with van der Waals surface area (Å²) in [6.07, 6.45) is 2.66. The van der Waals surface area contributed by atoms with E-state index in [1.165, 1.54) is 4.90 Å². The minimum atomic E-state index is -0.343. The van der Waals surface area contributed by atoms with Crippen molar-refractivity contribution in [3.63, 3.8) is 0 Å². The monoisotopic (exact) mass is 466 g/mol. The molecule has 2 aromatic carbocycles. The highest BCUT2D eigenvalue weighted by atomic mass is 16.5. The first-order valence-corrected chi connectivity index (χ1v) is 12.0. The summed E-state index contributed by atoms with van der Waals surface area (Å²) < 4.78 is 16.7. The van der Waals surface area contributed by atoms with Crippen LogP contribution in [0.2, 0.25) is 0 Å². The van der Waals surface area contributed by atoms with Gasteiger partial charge in [0.05, 0.1) is 18.8 Å². The second kappa shape index (κ2) is 12.8. The summed E-state index contributed by atoms with van der Waals surface area (Å²) in [6.45, 7) is 8.52. The van der Waals surface area contributed by atoms with Crippen LogP contribution in [0, 0.1) is 0 Å². The number of unbranched alkanes of at least 4 members (excludes halogenated alkanes) is 1. The fraction of sp³-hybridized carbons (Fsp3) is 0.407. The molecule has 0 saturated carbocycles. The van der Waals surface area contributed by atoms with Crippen molar-refractivity contribution in [3.05, 3.63) is 59.8 Å². The van der Waals surface area contributed by atoms with E-state index in [2.05, 4.69) is 12.2 Å². The van der Waals surface area contributed by atoms with Crippen LogP contribution in [-0.2, 0) is 14.3 Å². The van der Waals surface area contributed by atoms with Crippen LogP contribution in [-0.4, -0.2) is 49.7 Å². The van der Waals surface area contributed by atoms with Crippen molar-refractivity contribution in [1.82, 2.24) is 4.90 Å². The average molecular weight is 467 g/mol. The molecule has 1 aliphatic heterocycles. The highest BCUT2D eigenvalue weighted by Gasteiger charge is 2.38. The van der Waals surface area contributed by atoms with Crippen LogP contribution in [0.15, 0.2) is 54.2 Å². The lowest BCUT2D eigenvalue weighted by Gasteiger charge is -2.15. The molecule has 0 fully saturated rings. The predicted molar refractivity (Wildman–Crippen MR) is 133 cm³/mol. The van der Waals surface area contributed by atoms with E-state index >= 15 is 0 Å². The van der Waals surface area contributed by atoms with E-state index in [1.807, 2.05) is 38.1 Å². The van der Waals surface area contributed by atoms with Crippen molar-refractivity contribution in [2.45, 2.75) is 40.0 Å². The van der Waals surface area contributed by atoms with Crippen molar-refractivity contribution < 1.29 is 23.8 Å². The molecule has 3 rings (SSSR count). The van der Waals surface area contributed by atoms with Crippen molar-refractivity contribution >= 4 is 23.1 Å². The van der Waals surface area contributed by atoms with Crippen LogP contribution in [0.4, 0.5) is 5.69 Å². The Morgan fingerprint density at radius 2 is 1.53 bits per heavy atom. The Morgan fingerprint density at radius 3 is 2.24 bits per heavy atom. The SMILES string of the molecule is CCCCOCCCN1C(=O)C(Nc2cccc(OCC)c2)=C(c2ccc(OCC)cc2)C1=O. The number of nitrogens with one attached hydrogen (secondary N) is 1. The molecule has 0 radical (unpaired) electrons. The van der Waals surface area contributed by atoms with E-state index in [4.69, 9.17) is 14.2 Å². The molecular formula is C27H34N2O5. The standard InChI is InChI=1S/C27H34N2O5/c1-4-7-17-32-18-9-16-29-26(30)24(20-12-14-22(15-13-20)33-5-2)25(27(29)31)28-21-10-8-11-23(19-21)34-6-3/h8,10-15,19,28H,4-7,9,16-18H2,1-3H3. The van der Waals surface area contributed by atoms with Crippen molar-refractivity contribution in [2.24, 2.45) is 0 Å². The van der Waals surface area contributed by atoms with E-state index in [-0.39, 0.29) is 17.5 Å². The zero-order valence-electron chi connectivity index (χ0n) is 20.3. The van der Waals surface area contributed by atoms with Gasteiger partial charge in [0.1, 0.15) is 17.2 Å². The number of hydrogen-bond donors (Lipinski definition) is 1. The molecule has 7 heteroatoms. The third kappa shape index (κ3) is 6.38. The first kappa shape index (κ1) is 25.3. The van der Waals surface area contributed by atoms with Gasteiger partial charge in [0.2, 0.25) is 0 Å². The Hall–Kier alpha value is -3.32. The fourth-order valence-corrected chi connectivity index (χ4v) is 3.70. The number of anilines is 1. The number of nitrogens with zero attached hydrogens (tertiary/aromatic N) is 1. The van der Waals surface area contributed by atoms with Gasteiger partial charge in [-0.1, -0.05) is 31.5 Å². The Bertz CT molecular complexity index is 1000. The van der Waals surface area contributed by atoms with E-state index in [9.17, 15) is 9.59 Å². The molecule has 0 bridgehead atoms. The molecule has 1 heterocycles. The van der Waals surface area contributed by atoms with Crippen molar-refractivity contribution in [3.8, 4) is 11.5 Å². The lowest BCUT2D eigenvalue weighted by Crippen LogP contribution is -2.34. The normalized spacial score (nSPS) is 13.6. The van der Waals surface area contributed by atoms with E-state index < -0.39 is 0 Å². The van der Waals surface area contributed by atoms with Crippen molar-refractivity contribution in [2.75, 3.05) is 38.3 Å². The number of rotatable bonds is 14. The molecule has 0 saturated heterocycles. The number of imide groups is 1. The third-order valence-electron chi connectivity index (χ3n) is 5.35. The van der Waals surface area contributed by atoms with E-state index in [0.717, 1.165) is 12.8 Å². The first-order chi connectivity index (χ1) is 16.6. The van der Waals surface area contributed by atoms with Gasteiger partial charge in [0, 0.05) is 31.5 Å². The lowest BCUT2D eigenvalue weighted by atomic mass is 10.0. The Labute approximate surface area is 201 Å². The zero-order chi connectivity index (χ0) is 24.3. The Balaban J connectivity index is 1.84. The highest BCUT2D eigenvalue weighted by molar-refractivity contribution is 6.36. The van der Waals surface area contributed by atoms with Gasteiger partial charge in [0.15, 0.2) is 0 Å². The maximum absolute atomic E-state index is 13.4. The van der Waals surface area contributed by atoms with Crippen LogP contribution in [0.5, 0.6) is 11.5 Å². The quantitative estimate of drug-likeness (QED) is 0.316. The summed E-state index contributed by atoms with van der Waals surface area (Å²) in [6, 6.07) is 14.6. The second-order valence-electron chi connectivity index (χ2n) is 7.87. The predicted octanol–water partition coefficient (Wildman–Crippen LogP) is 4.88. The van der Waals surface area contributed by atoms with Gasteiger partial charge in [-0.3, -0.25) is 14.5 Å². The molecule has 34 heavy (non-hydrogen) atoms. The first-order valence-electron chi connectivity index (χ1n) is 12.0. The molecule has 182 valence electrons. The molecule has 0 spiro atoms. The van der Waals surface area contributed by atoms with Crippen LogP contribution in [0.25, 0.3) is 5.57 Å². The van der Waals surface area contributed by atoms with Crippen LogP contribution in [0.3, 0.4) is 0 Å². The van der Waals surface area contributed by atoms with Gasteiger partial charge >= 0.3 is 0 Å². The largest absolute Gasteiger partial charge is 0.494 e. The molecule has 0 aromatic heterocycles. The van der Waals surface area contributed by atoms with Gasteiger partial charge in [-0.15, -0.1) is 0 Å². The number of ether oxygens (including phenoxy) is 3. The summed E-state index contributed by atoms with van der Waals surface area (Å²) in [7, 11) is 0. The van der Waals surface area contributed by atoms with Gasteiger partial charge in [0.25, 0.3) is 11.8 Å². The Kier molecular flexibility index (Phi) is 9.52. The minimum Gasteiger partial charge on any atom is -0.494 e. The zero-order valence-corrected chi connectivity index (χ0v) is 20.3. The van der Waals surface area contributed by atoms with Crippen LogP contribution < -0.4 is 14.8 Å². The topological polar surface area (TPSA) is 77.1 Å². The summed E-state index contributed by atoms with van der Waals surface area (Å²) in [5.41, 5.74) is 1.94. The Morgan fingerprint density at radius 1 is 0.824 bits per heavy atom. The van der Waals surface area contributed by atoms with Crippen LogP contribution >= 0.6 is 0 Å². The number of carbonyl (C=O) groups excluding carboxylic acids is 2. The molecule has 7 nitrogen and oxygen atoms in total. The van der Waals surface area contributed by atoms with Gasteiger partial charge < -0.3 is 19.5 Å². The number of hydrogen-bond acceptors (Lipinski definition) is 6. The minimum absolute atomic E-state index is 0.259. The summed E-state index contributed by atoms with van der Waals surface area (Å²) in [5, 5.41) is 3.18. The smallest absolute Gasteiger partial charge is 0.278 e. The highest BCUT2D eigenvalue weighted by Crippen LogP contribution is 2.32. The van der Waals surface area contributed by atoms with Crippen LogP contribution in [0.1, 0.15) is 45.6 Å². The maximum atomic E-state index is 13.4. The molecule has 2 amide bonds. The molecule has 0 atom stereocenters. The molecule has 1 aliphatic rings. The molecule has 0 unspecified atom stereocenters. The summed E-state index contributed by atoms with van der Waals surface area (Å²) in [4.78, 5) is 28.0. The van der Waals surface area contributed by atoms with E-state index in [0.29, 0.717) is 67.7 Å². The molecular weight excluding hydrogens is 432 g/mol. The van der Waals surface area contributed by atoms with Gasteiger partial charge in [-0.2, -0.15) is 0 Å². The molecule has 2 aromatic rings. The maximum Gasteiger partial charge on any atom is 0.278 e. The number of carbonyl (C=O) groups is 2. The average Bonchev–Trinajstić information content (AvgIpc) is 3.06. The van der Waals surface area contributed by atoms with Gasteiger partial charge in [-0.05, 0) is 56.5 Å². The second-order valence-corrected chi connectivity index (χ2v) is 7.87. The lowest BCUT2D eigenvalue weighted by molar-refractivity contribution is -0.137. The fourth-order valence-electron chi connectivity index (χ4n) is 3.70. The molecule has 1 N–H and O–H groups in total. The van der Waals surface area contributed by atoms with E-state index in [1.54, 1.807) is 24.3 Å². The van der Waals surface area contributed by atoms with Gasteiger partial charge in [-0.25, -0.2) is 0 Å². The summed E-state index contributed by atoms with van der Waals surface area (Å²) in [5.74, 6) is 0.743. The number of benzene rings is 2. The number of amides is 2.